The summed E-state index contributed by atoms with van der Waals surface area (Å²) in [5, 5.41) is 0. The molecule has 2 N–H and O–H groups in total. The number of fused-ring (bicyclic) bond motifs is 2. The van der Waals surface area contributed by atoms with Gasteiger partial charge in [-0.1, -0.05) is 12.1 Å². The van der Waals surface area contributed by atoms with Gasteiger partial charge in [-0.25, -0.2) is 0 Å². The third-order valence-corrected chi connectivity index (χ3v) is 4.48. The number of carbonyl (C=O) groups is 2. The summed E-state index contributed by atoms with van der Waals surface area (Å²) in [6.07, 6.45) is 2.48. The fourth-order valence-electron chi connectivity index (χ4n) is 3.18. The molecule has 3 rings (SSSR count). The Hall–Kier alpha value is -1.84. The number of benzene rings is 1. The van der Waals surface area contributed by atoms with E-state index in [2.05, 4.69) is 0 Å². The minimum absolute atomic E-state index is 0.000532. The number of hydrogen-bond acceptors (Lipinski definition) is 3. The van der Waals surface area contributed by atoms with E-state index in [1.165, 1.54) is 4.90 Å². The van der Waals surface area contributed by atoms with Crippen molar-refractivity contribution in [1.29, 1.82) is 0 Å². The summed E-state index contributed by atoms with van der Waals surface area (Å²) >= 11 is 0. The topological polar surface area (TPSA) is 63.4 Å². The van der Waals surface area contributed by atoms with E-state index in [-0.39, 0.29) is 23.7 Å². The number of amides is 2. The number of imide groups is 1. The van der Waals surface area contributed by atoms with Gasteiger partial charge in [0.05, 0.1) is 6.54 Å². The normalized spacial score (nSPS) is 26.1. The number of hydrogen-bond donors (Lipinski definition) is 1. The van der Waals surface area contributed by atoms with Gasteiger partial charge >= 0.3 is 0 Å². The van der Waals surface area contributed by atoms with Crippen LogP contribution in [0.3, 0.4) is 0 Å². The van der Waals surface area contributed by atoms with Crippen LogP contribution >= 0.6 is 0 Å². The first-order valence-corrected chi connectivity index (χ1v) is 6.77. The fourth-order valence-corrected chi connectivity index (χ4v) is 3.18. The third-order valence-electron chi connectivity index (χ3n) is 4.48. The van der Waals surface area contributed by atoms with Crippen molar-refractivity contribution in [3.63, 3.8) is 0 Å². The maximum Gasteiger partial charge on any atom is 0.232 e. The first kappa shape index (κ1) is 12.2. The Bertz CT molecular complexity index is 531. The van der Waals surface area contributed by atoms with Crippen LogP contribution in [-0.4, -0.2) is 16.7 Å². The van der Waals surface area contributed by atoms with E-state index in [1.54, 1.807) is 0 Å². The second-order valence-corrected chi connectivity index (χ2v) is 5.60. The van der Waals surface area contributed by atoms with Gasteiger partial charge in [0.15, 0.2) is 0 Å². The van der Waals surface area contributed by atoms with Crippen LogP contribution in [0.15, 0.2) is 18.2 Å². The van der Waals surface area contributed by atoms with Gasteiger partial charge in [0.1, 0.15) is 0 Å². The molecule has 2 unspecified atom stereocenters. The van der Waals surface area contributed by atoms with Crippen LogP contribution in [0.5, 0.6) is 0 Å². The molecule has 1 saturated heterocycles. The van der Waals surface area contributed by atoms with Gasteiger partial charge in [0.2, 0.25) is 11.8 Å². The Kier molecular flexibility index (Phi) is 2.81. The number of anilines is 1. The number of carbonyl (C=O) groups excluding carboxylic acids is 2. The molecule has 1 aromatic carbocycles. The first-order chi connectivity index (χ1) is 9.08. The van der Waals surface area contributed by atoms with Crippen molar-refractivity contribution < 1.29 is 9.59 Å². The maximum absolute atomic E-state index is 12.3. The number of likely N-dealkylation sites (tertiary alicyclic amines) is 1. The van der Waals surface area contributed by atoms with E-state index in [1.807, 2.05) is 25.1 Å². The number of piperidine rings is 1. The highest BCUT2D eigenvalue weighted by Crippen LogP contribution is 2.38. The largest absolute Gasteiger partial charge is 0.399 e. The Morgan fingerprint density at radius 3 is 2.47 bits per heavy atom. The molecule has 4 heteroatoms. The van der Waals surface area contributed by atoms with Gasteiger partial charge in [-0.2, -0.15) is 0 Å². The minimum atomic E-state index is 0.000532. The maximum atomic E-state index is 12.3. The molecule has 2 fully saturated rings. The number of nitrogens with zero attached hydrogens (tertiary/aromatic N) is 1. The summed E-state index contributed by atoms with van der Waals surface area (Å²) < 4.78 is 0. The zero-order valence-electron chi connectivity index (χ0n) is 11.1. The molecule has 2 aliphatic rings. The van der Waals surface area contributed by atoms with Crippen LogP contribution in [0.25, 0.3) is 0 Å². The highest BCUT2D eigenvalue weighted by Gasteiger charge is 2.45. The van der Waals surface area contributed by atoms with Crippen molar-refractivity contribution in [3.05, 3.63) is 29.3 Å². The predicted molar refractivity (Wildman–Crippen MR) is 72.0 cm³/mol. The Labute approximate surface area is 112 Å². The van der Waals surface area contributed by atoms with Gasteiger partial charge in [-0.3, -0.25) is 14.5 Å². The van der Waals surface area contributed by atoms with Crippen LogP contribution in [0, 0.1) is 18.8 Å². The molecule has 2 atom stereocenters. The number of nitrogens with two attached hydrogens (primary N) is 1. The minimum Gasteiger partial charge on any atom is -0.399 e. The standard InChI is InChI=1S/C15H18N2O2/c1-9-12(3-2-4-13(9)16)8-17-14(18)10-5-6-11(7-10)15(17)19/h2-4,10-11H,5-8,16H2,1H3. The molecule has 1 aliphatic heterocycles. The van der Waals surface area contributed by atoms with E-state index in [9.17, 15) is 9.59 Å². The van der Waals surface area contributed by atoms with Crippen molar-refractivity contribution in [1.82, 2.24) is 4.90 Å². The van der Waals surface area contributed by atoms with Crippen molar-refractivity contribution in [2.45, 2.75) is 32.7 Å². The Morgan fingerprint density at radius 1 is 1.21 bits per heavy atom. The molecule has 1 aliphatic carbocycles. The van der Waals surface area contributed by atoms with E-state index in [4.69, 9.17) is 5.73 Å². The quantitative estimate of drug-likeness (QED) is 0.650. The highest BCUT2D eigenvalue weighted by molar-refractivity contribution is 6.00. The van der Waals surface area contributed by atoms with Gasteiger partial charge in [-0.05, 0) is 43.4 Å². The molecule has 4 nitrogen and oxygen atoms in total. The lowest BCUT2D eigenvalue weighted by Gasteiger charge is -2.30. The second-order valence-electron chi connectivity index (χ2n) is 5.60. The van der Waals surface area contributed by atoms with Crippen LogP contribution in [0.2, 0.25) is 0 Å². The fraction of sp³-hybridized carbons (Fsp3) is 0.467. The van der Waals surface area contributed by atoms with Crippen molar-refractivity contribution >= 4 is 17.5 Å². The van der Waals surface area contributed by atoms with Crippen molar-refractivity contribution in [3.8, 4) is 0 Å². The lowest BCUT2D eigenvalue weighted by atomic mass is 9.96. The summed E-state index contributed by atoms with van der Waals surface area (Å²) in [5.74, 6) is 0.120. The summed E-state index contributed by atoms with van der Waals surface area (Å²) in [5.41, 5.74) is 8.50. The zero-order chi connectivity index (χ0) is 13.6. The van der Waals surface area contributed by atoms with Crippen molar-refractivity contribution in [2.24, 2.45) is 11.8 Å². The van der Waals surface area contributed by atoms with E-state index >= 15 is 0 Å². The monoisotopic (exact) mass is 258 g/mol. The molecule has 0 spiro atoms. The third kappa shape index (κ3) is 1.91. The lowest BCUT2D eigenvalue weighted by Crippen LogP contribution is -2.45. The summed E-state index contributed by atoms with van der Waals surface area (Å²) in [4.78, 5) is 26.0. The number of rotatable bonds is 2. The van der Waals surface area contributed by atoms with Crippen LogP contribution in [0.1, 0.15) is 30.4 Å². The van der Waals surface area contributed by atoms with Crippen LogP contribution in [0.4, 0.5) is 5.69 Å². The second kappa shape index (κ2) is 4.37. The molecule has 2 bridgehead atoms. The van der Waals surface area contributed by atoms with Gasteiger partial charge < -0.3 is 5.73 Å². The van der Waals surface area contributed by atoms with E-state index in [0.717, 1.165) is 30.4 Å². The Morgan fingerprint density at radius 2 is 1.84 bits per heavy atom. The first-order valence-electron chi connectivity index (χ1n) is 6.77. The average molecular weight is 258 g/mol. The zero-order valence-corrected chi connectivity index (χ0v) is 11.1. The number of nitrogen functional groups attached to an aromatic ring is 1. The lowest BCUT2D eigenvalue weighted by molar-refractivity contribution is -0.153. The van der Waals surface area contributed by atoms with Gasteiger partial charge in [0, 0.05) is 17.5 Å². The van der Waals surface area contributed by atoms with Crippen LogP contribution < -0.4 is 5.73 Å². The predicted octanol–water partition coefficient (Wildman–Crippen LogP) is 1.86. The molecular weight excluding hydrogens is 240 g/mol. The van der Waals surface area contributed by atoms with Gasteiger partial charge in [0.25, 0.3) is 0 Å². The van der Waals surface area contributed by atoms with Gasteiger partial charge in [-0.15, -0.1) is 0 Å². The molecule has 1 saturated carbocycles. The average Bonchev–Trinajstić information content (AvgIpc) is 2.84. The van der Waals surface area contributed by atoms with E-state index < -0.39 is 0 Å². The molecular formula is C15H18N2O2. The summed E-state index contributed by atoms with van der Waals surface area (Å²) in [7, 11) is 0. The van der Waals surface area contributed by atoms with E-state index in [0.29, 0.717) is 12.2 Å². The molecule has 19 heavy (non-hydrogen) atoms. The highest BCUT2D eigenvalue weighted by atomic mass is 16.2. The Balaban J connectivity index is 1.88. The molecule has 2 amide bonds. The summed E-state index contributed by atoms with van der Waals surface area (Å²) in [6.45, 7) is 2.29. The molecule has 1 heterocycles. The molecule has 1 aromatic rings. The molecule has 0 radical (unpaired) electrons. The smallest absolute Gasteiger partial charge is 0.232 e. The molecule has 100 valence electrons. The molecule has 0 aromatic heterocycles. The summed E-state index contributed by atoms with van der Waals surface area (Å²) in [6, 6.07) is 5.64. The van der Waals surface area contributed by atoms with Crippen molar-refractivity contribution in [2.75, 3.05) is 5.73 Å². The van der Waals surface area contributed by atoms with Crippen LogP contribution in [-0.2, 0) is 16.1 Å². The SMILES string of the molecule is Cc1c(N)cccc1CN1C(=O)C2CCC(C2)C1=O.